The van der Waals surface area contributed by atoms with Crippen LogP contribution in [0.5, 0.6) is 0 Å². The van der Waals surface area contributed by atoms with Gasteiger partial charge >= 0.3 is 0 Å². The summed E-state index contributed by atoms with van der Waals surface area (Å²) in [5, 5.41) is 3.36. The number of halogens is 2. The van der Waals surface area contributed by atoms with Gasteiger partial charge in [0.25, 0.3) is 0 Å². The lowest BCUT2D eigenvalue weighted by Gasteiger charge is -2.23. The monoisotopic (exact) mass is 312 g/mol. The largest absolute Gasteiger partial charge is 0.368 e. The molecule has 2 aromatic rings. The molecule has 2 nitrogen and oxygen atoms in total. The molecule has 1 aromatic heterocycles. The standard InChI is InChI=1S/C15H18ClFN2S/c1-2-19(14-6-4-3-5-13(14)17)10-9-18-11-12-7-8-15(16)20-12/h3-8,18H,2,9-11H2,1H3. The Hall–Kier alpha value is -1.10. The van der Waals surface area contributed by atoms with E-state index in [1.807, 2.05) is 36.1 Å². The quantitative estimate of drug-likeness (QED) is 0.772. The fourth-order valence-corrected chi connectivity index (χ4v) is 3.09. The number of thiophene rings is 1. The summed E-state index contributed by atoms with van der Waals surface area (Å²) in [6.45, 7) is 5.19. The zero-order chi connectivity index (χ0) is 14.4. The molecule has 0 saturated carbocycles. The van der Waals surface area contributed by atoms with Gasteiger partial charge in [0.15, 0.2) is 0 Å². The van der Waals surface area contributed by atoms with Crippen molar-refractivity contribution >= 4 is 28.6 Å². The number of benzene rings is 1. The van der Waals surface area contributed by atoms with Gasteiger partial charge in [-0.25, -0.2) is 4.39 Å². The Morgan fingerprint density at radius 2 is 2.05 bits per heavy atom. The molecule has 2 rings (SSSR count). The zero-order valence-electron chi connectivity index (χ0n) is 11.4. The number of rotatable bonds is 7. The van der Waals surface area contributed by atoms with Gasteiger partial charge in [-0.2, -0.15) is 0 Å². The van der Waals surface area contributed by atoms with E-state index in [0.717, 1.165) is 30.5 Å². The van der Waals surface area contributed by atoms with Gasteiger partial charge in [-0.1, -0.05) is 23.7 Å². The third kappa shape index (κ3) is 4.20. The molecule has 108 valence electrons. The van der Waals surface area contributed by atoms with Gasteiger partial charge in [0.2, 0.25) is 0 Å². The van der Waals surface area contributed by atoms with E-state index in [-0.39, 0.29) is 5.82 Å². The van der Waals surface area contributed by atoms with Gasteiger partial charge in [-0.3, -0.25) is 0 Å². The van der Waals surface area contributed by atoms with Crippen molar-refractivity contribution in [3.05, 3.63) is 51.4 Å². The van der Waals surface area contributed by atoms with Crippen molar-refractivity contribution in [3.8, 4) is 0 Å². The normalized spacial score (nSPS) is 10.8. The van der Waals surface area contributed by atoms with Gasteiger partial charge in [-0.15, -0.1) is 11.3 Å². The number of anilines is 1. The van der Waals surface area contributed by atoms with E-state index >= 15 is 0 Å². The lowest BCUT2D eigenvalue weighted by Crippen LogP contribution is -2.32. The Kier molecular flexibility index (Phi) is 5.83. The van der Waals surface area contributed by atoms with E-state index in [4.69, 9.17) is 11.6 Å². The minimum atomic E-state index is -0.167. The van der Waals surface area contributed by atoms with Crippen LogP contribution in [0.4, 0.5) is 10.1 Å². The molecule has 0 unspecified atom stereocenters. The molecule has 1 aromatic carbocycles. The van der Waals surface area contributed by atoms with Crippen LogP contribution in [0.15, 0.2) is 36.4 Å². The highest BCUT2D eigenvalue weighted by Crippen LogP contribution is 2.21. The molecule has 0 saturated heterocycles. The smallest absolute Gasteiger partial charge is 0.146 e. The van der Waals surface area contributed by atoms with Gasteiger partial charge < -0.3 is 10.2 Å². The summed E-state index contributed by atoms with van der Waals surface area (Å²) in [5.74, 6) is -0.167. The number of likely N-dealkylation sites (N-methyl/N-ethyl adjacent to an activating group) is 1. The predicted molar refractivity (Wildman–Crippen MR) is 85.3 cm³/mol. The maximum absolute atomic E-state index is 13.7. The summed E-state index contributed by atoms with van der Waals surface area (Å²) in [5.41, 5.74) is 0.663. The van der Waals surface area contributed by atoms with Crippen molar-refractivity contribution in [2.24, 2.45) is 0 Å². The average Bonchev–Trinajstić information content (AvgIpc) is 2.86. The lowest BCUT2D eigenvalue weighted by atomic mass is 10.2. The minimum Gasteiger partial charge on any atom is -0.368 e. The maximum Gasteiger partial charge on any atom is 0.146 e. The molecule has 1 heterocycles. The minimum absolute atomic E-state index is 0.167. The summed E-state index contributed by atoms with van der Waals surface area (Å²) in [7, 11) is 0. The number of nitrogens with one attached hydrogen (secondary N) is 1. The first kappa shape index (κ1) is 15.3. The van der Waals surface area contributed by atoms with Gasteiger partial charge in [0.1, 0.15) is 5.82 Å². The molecule has 0 bridgehead atoms. The third-order valence-corrected chi connectivity index (χ3v) is 4.29. The Morgan fingerprint density at radius 3 is 2.70 bits per heavy atom. The van der Waals surface area contributed by atoms with Crippen LogP contribution in [0.3, 0.4) is 0 Å². The van der Waals surface area contributed by atoms with E-state index < -0.39 is 0 Å². The van der Waals surface area contributed by atoms with E-state index in [2.05, 4.69) is 5.32 Å². The Balaban J connectivity index is 1.81. The van der Waals surface area contributed by atoms with Crippen LogP contribution in [0.25, 0.3) is 0 Å². The van der Waals surface area contributed by atoms with Crippen LogP contribution in [0, 0.1) is 5.82 Å². The first-order valence-corrected chi connectivity index (χ1v) is 7.84. The van der Waals surface area contributed by atoms with Crippen LogP contribution in [0.2, 0.25) is 4.34 Å². The molecule has 0 spiro atoms. The van der Waals surface area contributed by atoms with Crippen molar-refractivity contribution in [3.63, 3.8) is 0 Å². The number of para-hydroxylation sites is 1. The van der Waals surface area contributed by atoms with Crippen LogP contribution in [-0.2, 0) is 6.54 Å². The lowest BCUT2D eigenvalue weighted by molar-refractivity contribution is 0.610. The second-order valence-corrected chi connectivity index (χ2v) is 6.21. The SMILES string of the molecule is CCN(CCNCc1ccc(Cl)s1)c1ccccc1F. The molecular weight excluding hydrogens is 295 g/mol. The van der Waals surface area contributed by atoms with Gasteiger partial charge in [-0.05, 0) is 31.2 Å². The van der Waals surface area contributed by atoms with E-state index in [0.29, 0.717) is 5.69 Å². The van der Waals surface area contributed by atoms with Crippen molar-refractivity contribution in [2.75, 3.05) is 24.5 Å². The summed E-state index contributed by atoms with van der Waals surface area (Å²) in [6, 6.07) is 10.8. The molecule has 0 atom stereocenters. The highest BCUT2D eigenvalue weighted by atomic mass is 35.5. The highest BCUT2D eigenvalue weighted by molar-refractivity contribution is 7.16. The maximum atomic E-state index is 13.7. The zero-order valence-corrected chi connectivity index (χ0v) is 13.0. The molecule has 0 aliphatic rings. The number of nitrogens with zero attached hydrogens (tertiary/aromatic N) is 1. The molecule has 0 radical (unpaired) electrons. The predicted octanol–water partition coefficient (Wildman–Crippen LogP) is 4.16. The van der Waals surface area contributed by atoms with E-state index in [9.17, 15) is 4.39 Å². The highest BCUT2D eigenvalue weighted by Gasteiger charge is 2.08. The summed E-state index contributed by atoms with van der Waals surface area (Å²) >= 11 is 7.46. The topological polar surface area (TPSA) is 15.3 Å². The molecule has 0 fully saturated rings. The van der Waals surface area contributed by atoms with Crippen LogP contribution < -0.4 is 10.2 Å². The first-order valence-electron chi connectivity index (χ1n) is 6.65. The molecule has 0 amide bonds. The average molecular weight is 313 g/mol. The Labute approximate surface area is 128 Å². The van der Waals surface area contributed by atoms with Gasteiger partial charge in [0.05, 0.1) is 10.0 Å². The molecule has 1 N–H and O–H groups in total. The van der Waals surface area contributed by atoms with Gasteiger partial charge in [0, 0.05) is 31.1 Å². The van der Waals surface area contributed by atoms with E-state index in [1.165, 1.54) is 10.9 Å². The van der Waals surface area contributed by atoms with E-state index in [1.54, 1.807) is 17.4 Å². The summed E-state index contributed by atoms with van der Waals surface area (Å²) in [4.78, 5) is 3.24. The molecule has 0 aliphatic carbocycles. The summed E-state index contributed by atoms with van der Waals surface area (Å²) in [6.07, 6.45) is 0. The van der Waals surface area contributed by atoms with Crippen LogP contribution in [-0.4, -0.2) is 19.6 Å². The molecule has 0 aliphatic heterocycles. The fourth-order valence-electron chi connectivity index (χ4n) is 2.03. The third-order valence-electron chi connectivity index (χ3n) is 3.06. The summed E-state index contributed by atoms with van der Waals surface area (Å²) < 4.78 is 14.5. The number of hydrogen-bond donors (Lipinski definition) is 1. The Bertz CT molecular complexity index is 544. The van der Waals surface area contributed by atoms with Crippen molar-refractivity contribution < 1.29 is 4.39 Å². The first-order chi connectivity index (χ1) is 9.70. The van der Waals surface area contributed by atoms with Crippen LogP contribution >= 0.6 is 22.9 Å². The second kappa shape index (κ2) is 7.62. The molecule has 5 heteroatoms. The van der Waals surface area contributed by atoms with Crippen molar-refractivity contribution in [2.45, 2.75) is 13.5 Å². The fraction of sp³-hybridized carbons (Fsp3) is 0.333. The molecule has 20 heavy (non-hydrogen) atoms. The second-order valence-electron chi connectivity index (χ2n) is 4.41. The number of hydrogen-bond acceptors (Lipinski definition) is 3. The Morgan fingerprint density at radius 1 is 1.25 bits per heavy atom. The van der Waals surface area contributed by atoms with Crippen molar-refractivity contribution in [1.82, 2.24) is 5.32 Å². The van der Waals surface area contributed by atoms with Crippen LogP contribution in [0.1, 0.15) is 11.8 Å². The molecular formula is C15H18ClFN2S. The van der Waals surface area contributed by atoms with Crippen molar-refractivity contribution in [1.29, 1.82) is 0 Å².